The van der Waals surface area contributed by atoms with E-state index in [1.807, 2.05) is 0 Å². The number of hydrogen-bond acceptors (Lipinski definition) is 3. The van der Waals surface area contributed by atoms with E-state index in [1.165, 1.54) is 29.2 Å². The maximum atomic E-state index is 12.6. The highest BCUT2D eigenvalue weighted by atomic mass is 19.1. The van der Waals surface area contributed by atoms with E-state index in [9.17, 15) is 9.18 Å². The molecule has 0 fully saturated rings. The predicted molar refractivity (Wildman–Crippen MR) is 65.8 cm³/mol. The third kappa shape index (κ3) is 4.55. The van der Waals surface area contributed by atoms with Gasteiger partial charge in [0.05, 0.1) is 6.61 Å². The number of carbonyl (C=O) groups excluding carboxylic acids is 1. The Morgan fingerprint density at radius 3 is 2.67 bits per heavy atom. The first-order valence-electron chi connectivity index (χ1n) is 5.55. The zero-order valence-electron chi connectivity index (χ0n) is 10.0. The van der Waals surface area contributed by atoms with Gasteiger partial charge in [0, 0.05) is 13.1 Å². The molecule has 1 aromatic carbocycles. The highest BCUT2D eigenvalue weighted by Crippen LogP contribution is 2.11. The summed E-state index contributed by atoms with van der Waals surface area (Å²) in [5.74, 6) is -0.192. The number of hydrogen-bond donors (Lipinski definition) is 1. The average Bonchev–Trinajstić information content (AvgIpc) is 2.37. The molecular weight excluding hydrogens is 237 g/mol. The minimum atomic E-state index is -0.359. The van der Waals surface area contributed by atoms with Crippen molar-refractivity contribution in [2.75, 3.05) is 26.3 Å². The summed E-state index contributed by atoms with van der Waals surface area (Å²) in [6.45, 7) is 3.85. The lowest BCUT2D eigenvalue weighted by atomic mass is 10.3. The number of benzene rings is 1. The fourth-order valence-electron chi connectivity index (χ4n) is 1.36. The molecule has 1 N–H and O–H groups in total. The first kappa shape index (κ1) is 14.2. The summed E-state index contributed by atoms with van der Waals surface area (Å²) in [6, 6.07) is 5.42. The SMILES string of the molecule is C=CCN(CCO)C(=O)COc1ccc(F)cc1. The lowest BCUT2D eigenvalue weighted by molar-refractivity contribution is -0.133. The van der Waals surface area contributed by atoms with E-state index in [-0.39, 0.29) is 31.5 Å². The molecule has 0 aliphatic rings. The van der Waals surface area contributed by atoms with E-state index in [1.54, 1.807) is 6.08 Å². The molecule has 0 radical (unpaired) electrons. The Kier molecular flexibility index (Phi) is 5.87. The molecule has 0 atom stereocenters. The van der Waals surface area contributed by atoms with Gasteiger partial charge >= 0.3 is 0 Å². The van der Waals surface area contributed by atoms with Crippen LogP contribution in [0.4, 0.5) is 4.39 Å². The molecule has 0 spiro atoms. The van der Waals surface area contributed by atoms with Crippen LogP contribution in [0.3, 0.4) is 0 Å². The number of nitrogens with zero attached hydrogens (tertiary/aromatic N) is 1. The summed E-state index contributed by atoms with van der Waals surface area (Å²) in [4.78, 5) is 13.2. The average molecular weight is 253 g/mol. The Morgan fingerprint density at radius 1 is 1.44 bits per heavy atom. The molecule has 0 aliphatic carbocycles. The number of aliphatic hydroxyl groups is 1. The van der Waals surface area contributed by atoms with Crippen molar-refractivity contribution < 1.29 is 19.0 Å². The number of carbonyl (C=O) groups is 1. The number of rotatable bonds is 7. The molecule has 0 aliphatic heterocycles. The van der Waals surface area contributed by atoms with Crippen LogP contribution in [0.2, 0.25) is 0 Å². The molecule has 5 heteroatoms. The van der Waals surface area contributed by atoms with Gasteiger partial charge in [0.25, 0.3) is 5.91 Å². The predicted octanol–water partition coefficient (Wildman–Crippen LogP) is 1.21. The van der Waals surface area contributed by atoms with E-state index in [2.05, 4.69) is 6.58 Å². The first-order chi connectivity index (χ1) is 8.67. The Labute approximate surface area is 105 Å². The monoisotopic (exact) mass is 253 g/mol. The van der Waals surface area contributed by atoms with Crippen molar-refractivity contribution in [1.82, 2.24) is 4.90 Å². The highest BCUT2D eigenvalue weighted by Gasteiger charge is 2.12. The smallest absolute Gasteiger partial charge is 0.260 e. The maximum absolute atomic E-state index is 12.6. The van der Waals surface area contributed by atoms with Gasteiger partial charge in [-0.25, -0.2) is 4.39 Å². The summed E-state index contributed by atoms with van der Waals surface area (Å²) in [7, 11) is 0. The van der Waals surface area contributed by atoms with Gasteiger partial charge in [-0.05, 0) is 24.3 Å². The first-order valence-corrected chi connectivity index (χ1v) is 5.55. The summed E-state index contributed by atoms with van der Waals surface area (Å²) in [5, 5.41) is 8.82. The number of amides is 1. The van der Waals surface area contributed by atoms with Crippen molar-refractivity contribution in [3.8, 4) is 5.75 Å². The van der Waals surface area contributed by atoms with Crippen molar-refractivity contribution in [3.05, 3.63) is 42.7 Å². The number of halogens is 1. The second-order valence-corrected chi connectivity index (χ2v) is 3.59. The molecule has 1 rings (SSSR count). The fraction of sp³-hybridized carbons (Fsp3) is 0.308. The molecule has 0 bridgehead atoms. The largest absolute Gasteiger partial charge is 0.484 e. The summed E-state index contributed by atoms with van der Waals surface area (Å²) >= 11 is 0. The van der Waals surface area contributed by atoms with Gasteiger partial charge in [-0.1, -0.05) is 6.08 Å². The normalized spacial score (nSPS) is 9.89. The molecule has 0 saturated heterocycles. The Morgan fingerprint density at radius 2 is 2.11 bits per heavy atom. The van der Waals surface area contributed by atoms with Crippen molar-refractivity contribution in [2.45, 2.75) is 0 Å². The van der Waals surface area contributed by atoms with Crippen LogP contribution in [0.1, 0.15) is 0 Å². The Bertz CT molecular complexity index is 392. The molecule has 4 nitrogen and oxygen atoms in total. The molecule has 98 valence electrons. The summed E-state index contributed by atoms with van der Waals surface area (Å²) < 4.78 is 17.9. The summed E-state index contributed by atoms with van der Waals surface area (Å²) in [6.07, 6.45) is 1.57. The van der Waals surface area contributed by atoms with E-state index < -0.39 is 0 Å². The van der Waals surface area contributed by atoms with Crippen molar-refractivity contribution in [3.63, 3.8) is 0 Å². The van der Waals surface area contributed by atoms with Crippen LogP contribution in [0.5, 0.6) is 5.75 Å². The zero-order valence-corrected chi connectivity index (χ0v) is 10.0. The standard InChI is InChI=1S/C13H16FNO3/c1-2-7-15(8-9-16)13(17)10-18-12-5-3-11(14)4-6-12/h2-6,16H,1,7-10H2. The molecule has 0 aromatic heterocycles. The van der Waals surface area contributed by atoms with Crippen LogP contribution in [-0.2, 0) is 4.79 Å². The van der Waals surface area contributed by atoms with Crippen LogP contribution >= 0.6 is 0 Å². The third-order valence-corrected chi connectivity index (χ3v) is 2.25. The van der Waals surface area contributed by atoms with Crippen LogP contribution < -0.4 is 4.74 Å². The quantitative estimate of drug-likeness (QED) is 0.743. The summed E-state index contributed by atoms with van der Waals surface area (Å²) in [5.41, 5.74) is 0. The van der Waals surface area contributed by atoms with Crippen molar-refractivity contribution >= 4 is 5.91 Å². The minimum absolute atomic E-state index is 0.115. The van der Waals surface area contributed by atoms with E-state index >= 15 is 0 Å². The second kappa shape index (κ2) is 7.45. The van der Waals surface area contributed by atoms with Gasteiger partial charge in [-0.3, -0.25) is 4.79 Å². The third-order valence-electron chi connectivity index (χ3n) is 2.25. The van der Waals surface area contributed by atoms with Crippen molar-refractivity contribution in [2.24, 2.45) is 0 Å². The van der Waals surface area contributed by atoms with Crippen LogP contribution in [0.25, 0.3) is 0 Å². The molecule has 18 heavy (non-hydrogen) atoms. The molecular formula is C13H16FNO3. The van der Waals surface area contributed by atoms with Crippen LogP contribution in [0, 0.1) is 5.82 Å². The molecule has 1 amide bonds. The molecule has 1 aromatic rings. The highest BCUT2D eigenvalue weighted by molar-refractivity contribution is 5.77. The van der Waals surface area contributed by atoms with Crippen LogP contribution in [-0.4, -0.2) is 42.2 Å². The second-order valence-electron chi connectivity index (χ2n) is 3.59. The Balaban J connectivity index is 2.47. The van der Waals surface area contributed by atoms with Gasteiger partial charge in [-0.2, -0.15) is 0 Å². The van der Waals surface area contributed by atoms with E-state index in [4.69, 9.17) is 9.84 Å². The maximum Gasteiger partial charge on any atom is 0.260 e. The molecule has 0 saturated carbocycles. The van der Waals surface area contributed by atoms with Gasteiger partial charge < -0.3 is 14.7 Å². The molecule has 0 unspecified atom stereocenters. The Hall–Kier alpha value is -1.88. The van der Waals surface area contributed by atoms with E-state index in [0.29, 0.717) is 12.3 Å². The fourth-order valence-corrected chi connectivity index (χ4v) is 1.36. The van der Waals surface area contributed by atoms with Crippen molar-refractivity contribution in [1.29, 1.82) is 0 Å². The lowest BCUT2D eigenvalue weighted by Gasteiger charge is -2.19. The van der Waals surface area contributed by atoms with Gasteiger partial charge in [-0.15, -0.1) is 6.58 Å². The zero-order chi connectivity index (χ0) is 13.4. The minimum Gasteiger partial charge on any atom is -0.484 e. The topological polar surface area (TPSA) is 49.8 Å². The number of aliphatic hydroxyl groups excluding tert-OH is 1. The van der Waals surface area contributed by atoms with Gasteiger partial charge in [0.2, 0.25) is 0 Å². The van der Waals surface area contributed by atoms with Gasteiger partial charge in [0.15, 0.2) is 6.61 Å². The van der Waals surface area contributed by atoms with Gasteiger partial charge in [0.1, 0.15) is 11.6 Å². The lowest BCUT2D eigenvalue weighted by Crippen LogP contribution is -2.37. The van der Waals surface area contributed by atoms with Crippen LogP contribution in [0.15, 0.2) is 36.9 Å². The number of ether oxygens (including phenoxy) is 1. The van der Waals surface area contributed by atoms with E-state index in [0.717, 1.165) is 0 Å². The molecule has 0 heterocycles.